The van der Waals surface area contributed by atoms with Crippen LogP contribution in [0.4, 0.5) is 5.69 Å². The maximum Gasteiger partial charge on any atom is 0.246 e. The van der Waals surface area contributed by atoms with Crippen LogP contribution in [0.25, 0.3) is 0 Å². The highest BCUT2D eigenvalue weighted by Gasteiger charge is 2.77. The van der Waals surface area contributed by atoms with Gasteiger partial charge in [0.2, 0.25) is 17.7 Å². The first-order valence-corrected chi connectivity index (χ1v) is 12.2. The molecule has 8 nitrogen and oxygen atoms in total. The first-order valence-electron chi connectivity index (χ1n) is 12.2. The van der Waals surface area contributed by atoms with Crippen LogP contribution in [0.1, 0.15) is 31.7 Å². The van der Waals surface area contributed by atoms with Gasteiger partial charge in [-0.25, -0.2) is 0 Å². The van der Waals surface area contributed by atoms with E-state index in [1.165, 1.54) is 4.90 Å². The second kappa shape index (κ2) is 9.09. The van der Waals surface area contributed by atoms with E-state index in [1.807, 2.05) is 55.5 Å². The van der Waals surface area contributed by atoms with Crippen LogP contribution < -0.4 is 10.6 Å². The predicted octanol–water partition coefficient (Wildman–Crippen LogP) is 2.09. The molecule has 0 aromatic heterocycles. The van der Waals surface area contributed by atoms with Crippen molar-refractivity contribution < 1.29 is 24.2 Å². The SMILES string of the molecule is C[C@]12CCC3(O1)C(C(=O)NCc1ccccc1)N(CCCO)C(=O)[C@@H]3[C@H]2C(=O)Nc1ccccc1. The Labute approximate surface area is 204 Å². The van der Waals surface area contributed by atoms with E-state index >= 15 is 0 Å². The normalized spacial score (nSPS) is 30.9. The molecule has 2 bridgehead atoms. The maximum absolute atomic E-state index is 13.8. The first-order chi connectivity index (χ1) is 16.9. The van der Waals surface area contributed by atoms with Crippen molar-refractivity contribution in [2.24, 2.45) is 11.8 Å². The third-order valence-corrected chi connectivity index (χ3v) is 7.72. The van der Waals surface area contributed by atoms with Crippen molar-refractivity contribution in [2.75, 3.05) is 18.5 Å². The Kier molecular flexibility index (Phi) is 6.11. The van der Waals surface area contributed by atoms with E-state index in [2.05, 4.69) is 10.6 Å². The van der Waals surface area contributed by atoms with E-state index in [-0.39, 0.29) is 30.9 Å². The van der Waals surface area contributed by atoms with E-state index in [1.54, 1.807) is 12.1 Å². The molecule has 35 heavy (non-hydrogen) atoms. The van der Waals surface area contributed by atoms with Gasteiger partial charge in [0.15, 0.2) is 0 Å². The summed E-state index contributed by atoms with van der Waals surface area (Å²) in [4.78, 5) is 42.4. The minimum absolute atomic E-state index is 0.101. The zero-order valence-corrected chi connectivity index (χ0v) is 19.8. The Hall–Kier alpha value is -3.23. The van der Waals surface area contributed by atoms with Gasteiger partial charge in [-0.1, -0.05) is 48.5 Å². The number of nitrogens with zero attached hydrogens (tertiary/aromatic N) is 1. The monoisotopic (exact) mass is 477 g/mol. The number of rotatable bonds is 8. The summed E-state index contributed by atoms with van der Waals surface area (Å²) < 4.78 is 6.56. The number of hydrogen-bond acceptors (Lipinski definition) is 5. The number of ether oxygens (including phenoxy) is 1. The lowest BCUT2D eigenvalue weighted by molar-refractivity contribution is -0.145. The van der Waals surface area contributed by atoms with Gasteiger partial charge in [0.05, 0.1) is 17.4 Å². The summed E-state index contributed by atoms with van der Waals surface area (Å²) in [5.74, 6) is -2.29. The second-order valence-corrected chi connectivity index (χ2v) is 9.90. The number of carbonyl (C=O) groups excluding carboxylic acids is 3. The minimum Gasteiger partial charge on any atom is -0.396 e. The number of hydrogen-bond donors (Lipinski definition) is 3. The summed E-state index contributed by atoms with van der Waals surface area (Å²) in [6.45, 7) is 2.33. The van der Waals surface area contributed by atoms with Gasteiger partial charge in [0, 0.05) is 25.4 Å². The Bertz CT molecular complexity index is 1110. The molecule has 2 unspecified atom stereocenters. The molecule has 5 rings (SSSR count). The molecule has 3 aliphatic heterocycles. The Balaban J connectivity index is 1.45. The smallest absolute Gasteiger partial charge is 0.246 e. The molecule has 3 N–H and O–H groups in total. The topological polar surface area (TPSA) is 108 Å². The van der Waals surface area contributed by atoms with Gasteiger partial charge in [0.25, 0.3) is 0 Å². The number of nitrogens with one attached hydrogen (secondary N) is 2. The van der Waals surface area contributed by atoms with Crippen LogP contribution in [0.2, 0.25) is 0 Å². The van der Waals surface area contributed by atoms with E-state index in [4.69, 9.17) is 4.74 Å². The molecule has 3 heterocycles. The zero-order chi connectivity index (χ0) is 24.6. The highest BCUT2D eigenvalue weighted by Crippen LogP contribution is 2.63. The van der Waals surface area contributed by atoms with E-state index in [0.29, 0.717) is 31.5 Å². The standard InChI is InChI=1S/C27H31N3O5/c1-26-13-14-27(35-26)21(20(26)23(32)29-19-11-6-3-7-12-19)25(34)30(15-8-16-31)22(27)24(33)28-17-18-9-4-2-5-10-18/h2-7,9-12,20-22,31H,8,13-17H2,1H3,(H,28,33)(H,29,32)/t20-,21-,22?,26+,27?/m0/s1. The molecule has 0 aliphatic carbocycles. The van der Waals surface area contributed by atoms with Crippen LogP contribution >= 0.6 is 0 Å². The van der Waals surface area contributed by atoms with Crippen LogP contribution in [-0.2, 0) is 25.7 Å². The van der Waals surface area contributed by atoms with E-state index in [0.717, 1.165) is 5.56 Å². The molecular weight excluding hydrogens is 446 g/mol. The summed E-state index contributed by atoms with van der Waals surface area (Å²) in [5, 5.41) is 15.4. The summed E-state index contributed by atoms with van der Waals surface area (Å²) in [6, 6.07) is 17.8. The van der Waals surface area contributed by atoms with Gasteiger partial charge < -0.3 is 25.4 Å². The second-order valence-electron chi connectivity index (χ2n) is 9.90. The average molecular weight is 478 g/mol. The number of likely N-dealkylation sites (tertiary alicyclic amines) is 1. The quantitative estimate of drug-likeness (QED) is 0.540. The first kappa shape index (κ1) is 23.5. The molecule has 0 radical (unpaired) electrons. The van der Waals surface area contributed by atoms with Crippen LogP contribution in [0.5, 0.6) is 0 Å². The molecule has 1 spiro atoms. The van der Waals surface area contributed by atoms with Crippen molar-refractivity contribution >= 4 is 23.4 Å². The molecule has 3 fully saturated rings. The number of fused-ring (bicyclic) bond motifs is 1. The lowest BCUT2D eigenvalue weighted by Gasteiger charge is -2.33. The third-order valence-electron chi connectivity index (χ3n) is 7.72. The molecule has 2 aromatic rings. The van der Waals surface area contributed by atoms with Crippen molar-refractivity contribution in [1.82, 2.24) is 10.2 Å². The van der Waals surface area contributed by atoms with E-state index in [9.17, 15) is 19.5 Å². The van der Waals surface area contributed by atoms with Gasteiger partial charge in [-0.15, -0.1) is 0 Å². The van der Waals surface area contributed by atoms with Crippen LogP contribution in [-0.4, -0.2) is 58.1 Å². The molecule has 3 aliphatic rings. The number of anilines is 1. The fourth-order valence-electron chi connectivity index (χ4n) is 6.23. The largest absolute Gasteiger partial charge is 0.396 e. The van der Waals surface area contributed by atoms with Crippen LogP contribution in [0, 0.1) is 11.8 Å². The van der Waals surface area contributed by atoms with Crippen molar-refractivity contribution in [3.8, 4) is 0 Å². The molecule has 184 valence electrons. The van der Waals surface area contributed by atoms with Crippen molar-refractivity contribution in [3.63, 3.8) is 0 Å². The fourth-order valence-corrected chi connectivity index (χ4v) is 6.23. The molecule has 2 aromatic carbocycles. The molecule has 3 saturated heterocycles. The number of benzene rings is 2. The van der Waals surface area contributed by atoms with Crippen LogP contribution in [0.3, 0.4) is 0 Å². The Morgan fingerprint density at radius 1 is 1.06 bits per heavy atom. The predicted molar refractivity (Wildman–Crippen MR) is 129 cm³/mol. The highest BCUT2D eigenvalue weighted by atomic mass is 16.5. The molecule has 3 amide bonds. The molecule has 5 atom stereocenters. The lowest BCUT2D eigenvalue weighted by Crippen LogP contribution is -2.55. The van der Waals surface area contributed by atoms with Gasteiger partial charge in [-0.05, 0) is 43.9 Å². The number of aliphatic hydroxyl groups is 1. The third kappa shape index (κ3) is 3.90. The Morgan fingerprint density at radius 2 is 1.74 bits per heavy atom. The van der Waals surface area contributed by atoms with Crippen molar-refractivity contribution in [1.29, 1.82) is 0 Å². The van der Waals surface area contributed by atoms with Gasteiger partial charge in [0.1, 0.15) is 11.6 Å². The highest BCUT2D eigenvalue weighted by molar-refractivity contribution is 6.02. The number of amides is 3. The van der Waals surface area contributed by atoms with E-state index < -0.39 is 29.1 Å². The Morgan fingerprint density at radius 3 is 2.43 bits per heavy atom. The number of para-hydroxylation sites is 1. The number of aliphatic hydroxyl groups excluding tert-OH is 1. The van der Waals surface area contributed by atoms with Crippen molar-refractivity contribution in [3.05, 3.63) is 66.2 Å². The summed E-state index contributed by atoms with van der Waals surface area (Å²) in [6.07, 6.45) is 1.45. The average Bonchev–Trinajstić information content (AvgIpc) is 3.43. The summed E-state index contributed by atoms with van der Waals surface area (Å²) in [7, 11) is 0. The van der Waals surface area contributed by atoms with Gasteiger partial charge in [-0.3, -0.25) is 14.4 Å². The summed E-state index contributed by atoms with van der Waals surface area (Å²) >= 11 is 0. The molecular formula is C27H31N3O5. The van der Waals surface area contributed by atoms with Gasteiger partial charge in [-0.2, -0.15) is 0 Å². The fraction of sp³-hybridized carbons (Fsp3) is 0.444. The van der Waals surface area contributed by atoms with Crippen molar-refractivity contribution in [2.45, 2.75) is 50.0 Å². The lowest BCUT2D eigenvalue weighted by atomic mass is 9.66. The molecule has 0 saturated carbocycles. The zero-order valence-electron chi connectivity index (χ0n) is 19.8. The maximum atomic E-state index is 13.8. The molecule has 8 heteroatoms. The summed E-state index contributed by atoms with van der Waals surface area (Å²) in [5.41, 5.74) is -0.302. The van der Waals surface area contributed by atoms with Crippen LogP contribution in [0.15, 0.2) is 60.7 Å². The number of carbonyl (C=O) groups is 3. The minimum atomic E-state index is -1.07. The van der Waals surface area contributed by atoms with Gasteiger partial charge >= 0.3 is 0 Å².